The zero-order valence-corrected chi connectivity index (χ0v) is 24.8. The SMILES string of the molecule is C[C@@H]1[C@H](CN(C)Cc2ccccc2)O[C@H](c2ccc(CNS(=O)(=O)c3ccccc3)cc2)O[C@@H]1c1ccc(CO)cc1. The summed E-state index contributed by atoms with van der Waals surface area (Å²) in [5.41, 5.74) is 4.83. The van der Waals surface area contributed by atoms with Crippen LogP contribution in [0.3, 0.4) is 0 Å². The number of sulfonamides is 1. The minimum Gasteiger partial charge on any atom is -0.392 e. The molecule has 42 heavy (non-hydrogen) atoms. The van der Waals surface area contributed by atoms with Crippen molar-refractivity contribution >= 4 is 10.0 Å². The largest absolute Gasteiger partial charge is 0.392 e. The van der Waals surface area contributed by atoms with Gasteiger partial charge in [0.25, 0.3) is 0 Å². The molecular weight excluding hydrogens is 548 g/mol. The molecule has 1 heterocycles. The van der Waals surface area contributed by atoms with Crippen molar-refractivity contribution in [1.82, 2.24) is 9.62 Å². The van der Waals surface area contributed by atoms with Gasteiger partial charge in [-0.3, -0.25) is 4.90 Å². The average molecular weight is 587 g/mol. The van der Waals surface area contributed by atoms with Gasteiger partial charge >= 0.3 is 0 Å². The second kappa shape index (κ2) is 13.7. The number of nitrogens with one attached hydrogen (secondary N) is 1. The monoisotopic (exact) mass is 586 g/mol. The van der Waals surface area contributed by atoms with Gasteiger partial charge in [-0.2, -0.15) is 0 Å². The second-order valence-electron chi connectivity index (χ2n) is 10.9. The Hall–Kier alpha value is -3.37. The van der Waals surface area contributed by atoms with E-state index in [1.54, 1.807) is 30.3 Å². The summed E-state index contributed by atoms with van der Waals surface area (Å²) in [6, 6.07) is 34.3. The van der Waals surface area contributed by atoms with Crippen molar-refractivity contribution in [2.75, 3.05) is 13.6 Å². The topological polar surface area (TPSA) is 88.1 Å². The first-order valence-electron chi connectivity index (χ1n) is 14.2. The Bertz CT molecular complexity index is 1510. The molecule has 0 aromatic heterocycles. The Morgan fingerprint density at radius 2 is 1.36 bits per heavy atom. The molecule has 1 aliphatic rings. The Morgan fingerprint density at radius 3 is 2.00 bits per heavy atom. The van der Waals surface area contributed by atoms with E-state index < -0.39 is 16.3 Å². The highest BCUT2D eigenvalue weighted by molar-refractivity contribution is 7.89. The predicted molar refractivity (Wildman–Crippen MR) is 163 cm³/mol. The molecule has 0 bridgehead atoms. The molecule has 4 atom stereocenters. The van der Waals surface area contributed by atoms with Crippen molar-refractivity contribution in [1.29, 1.82) is 0 Å². The Morgan fingerprint density at radius 1 is 0.762 bits per heavy atom. The number of aliphatic hydroxyl groups excluding tert-OH is 1. The first-order valence-corrected chi connectivity index (χ1v) is 15.7. The van der Waals surface area contributed by atoms with E-state index in [0.717, 1.165) is 35.3 Å². The van der Waals surface area contributed by atoms with E-state index in [1.165, 1.54) is 5.56 Å². The number of hydrogen-bond acceptors (Lipinski definition) is 6. The third-order valence-corrected chi connectivity index (χ3v) is 9.10. The Balaban J connectivity index is 1.32. The summed E-state index contributed by atoms with van der Waals surface area (Å²) in [6.45, 7) is 3.86. The van der Waals surface area contributed by atoms with E-state index in [2.05, 4.69) is 47.9 Å². The second-order valence-corrected chi connectivity index (χ2v) is 12.7. The molecule has 220 valence electrons. The summed E-state index contributed by atoms with van der Waals surface area (Å²) in [4.78, 5) is 2.51. The zero-order chi connectivity index (χ0) is 29.5. The van der Waals surface area contributed by atoms with Crippen LogP contribution in [0, 0.1) is 5.92 Å². The van der Waals surface area contributed by atoms with Gasteiger partial charge < -0.3 is 14.6 Å². The first kappa shape index (κ1) is 30.1. The normalized spacial score (nSPS) is 21.0. The molecule has 1 saturated heterocycles. The summed E-state index contributed by atoms with van der Waals surface area (Å²) in [5, 5.41) is 9.51. The number of benzene rings is 4. The molecule has 4 aromatic carbocycles. The highest BCUT2D eigenvalue weighted by Gasteiger charge is 2.38. The minimum absolute atomic E-state index is 0.00610. The van der Waals surface area contributed by atoms with Gasteiger partial charge in [-0.1, -0.05) is 104 Å². The molecule has 0 saturated carbocycles. The van der Waals surface area contributed by atoms with E-state index in [1.807, 2.05) is 54.6 Å². The summed E-state index contributed by atoms with van der Waals surface area (Å²) in [7, 11) is -1.50. The van der Waals surface area contributed by atoms with Crippen molar-refractivity contribution in [3.63, 3.8) is 0 Å². The van der Waals surface area contributed by atoms with Crippen LogP contribution in [0.4, 0.5) is 0 Å². The molecule has 7 nitrogen and oxygen atoms in total. The number of likely N-dealkylation sites (N-methyl/N-ethyl adjacent to an activating group) is 1. The zero-order valence-electron chi connectivity index (χ0n) is 24.0. The molecular formula is C34H38N2O5S. The Labute approximate surface area is 248 Å². The highest BCUT2D eigenvalue weighted by atomic mass is 32.2. The van der Waals surface area contributed by atoms with Crippen molar-refractivity contribution in [3.05, 3.63) is 137 Å². The predicted octanol–water partition coefficient (Wildman–Crippen LogP) is 5.58. The molecule has 0 radical (unpaired) electrons. The summed E-state index contributed by atoms with van der Waals surface area (Å²) < 4.78 is 41.1. The molecule has 1 aliphatic heterocycles. The van der Waals surface area contributed by atoms with Crippen LogP contribution in [-0.4, -0.2) is 38.1 Å². The van der Waals surface area contributed by atoms with E-state index in [0.29, 0.717) is 0 Å². The molecule has 4 aromatic rings. The van der Waals surface area contributed by atoms with Crippen LogP contribution in [0.5, 0.6) is 0 Å². The fraction of sp³-hybridized carbons (Fsp3) is 0.294. The molecule has 0 aliphatic carbocycles. The van der Waals surface area contributed by atoms with Gasteiger partial charge in [-0.15, -0.1) is 0 Å². The van der Waals surface area contributed by atoms with E-state index in [9.17, 15) is 13.5 Å². The van der Waals surface area contributed by atoms with Crippen LogP contribution in [0.2, 0.25) is 0 Å². The lowest BCUT2D eigenvalue weighted by atomic mass is 9.90. The van der Waals surface area contributed by atoms with Crippen molar-refractivity contribution in [2.24, 2.45) is 5.92 Å². The van der Waals surface area contributed by atoms with Gasteiger partial charge in [0.2, 0.25) is 10.0 Å². The number of ether oxygens (including phenoxy) is 2. The average Bonchev–Trinajstić information content (AvgIpc) is 3.02. The number of rotatable bonds is 11. The van der Waals surface area contributed by atoms with Gasteiger partial charge in [0.1, 0.15) is 0 Å². The van der Waals surface area contributed by atoms with Crippen molar-refractivity contribution in [2.45, 2.75) is 50.0 Å². The molecule has 0 spiro atoms. The smallest absolute Gasteiger partial charge is 0.240 e. The van der Waals surface area contributed by atoms with E-state index in [4.69, 9.17) is 9.47 Å². The standard InChI is InChI=1S/C34H38N2O5S/c1-25-32(23-36(2)22-27-9-5-3-6-10-27)40-34(41-33(25)29-17-15-28(24-37)16-18-29)30-19-13-26(14-20-30)21-35-42(38,39)31-11-7-4-8-12-31/h3-20,25,32-35,37H,21-24H2,1-2H3/t25-,32+,33+,34+/m1/s1. The maximum atomic E-state index is 12.6. The van der Waals surface area contributed by atoms with E-state index >= 15 is 0 Å². The molecule has 8 heteroatoms. The van der Waals surface area contributed by atoms with Gasteiger partial charge in [0.05, 0.1) is 23.7 Å². The lowest BCUT2D eigenvalue weighted by Gasteiger charge is -2.42. The maximum absolute atomic E-state index is 12.6. The number of aliphatic hydroxyl groups is 1. The van der Waals surface area contributed by atoms with Crippen LogP contribution < -0.4 is 4.72 Å². The fourth-order valence-electron chi connectivity index (χ4n) is 5.25. The van der Waals surface area contributed by atoms with Crippen LogP contribution in [0.15, 0.2) is 114 Å². The Kier molecular flexibility index (Phi) is 9.84. The fourth-order valence-corrected chi connectivity index (χ4v) is 6.29. The lowest BCUT2D eigenvalue weighted by molar-refractivity contribution is -0.276. The number of hydrogen-bond donors (Lipinski definition) is 2. The van der Waals surface area contributed by atoms with Gasteiger partial charge in [-0.25, -0.2) is 13.1 Å². The molecule has 1 fully saturated rings. The molecule has 0 amide bonds. The van der Waals surface area contributed by atoms with Crippen LogP contribution in [0.25, 0.3) is 0 Å². The van der Waals surface area contributed by atoms with E-state index in [-0.39, 0.29) is 36.2 Å². The highest BCUT2D eigenvalue weighted by Crippen LogP contribution is 2.41. The summed E-state index contributed by atoms with van der Waals surface area (Å²) in [5.74, 6) is 0.0751. The lowest BCUT2D eigenvalue weighted by Crippen LogP contribution is -2.43. The summed E-state index contributed by atoms with van der Waals surface area (Å²) in [6.07, 6.45) is -0.893. The van der Waals surface area contributed by atoms with Crippen molar-refractivity contribution < 1.29 is 23.0 Å². The third-order valence-electron chi connectivity index (χ3n) is 7.68. The van der Waals surface area contributed by atoms with Gasteiger partial charge in [-0.05, 0) is 41.4 Å². The van der Waals surface area contributed by atoms with Gasteiger partial charge in [0.15, 0.2) is 6.29 Å². The van der Waals surface area contributed by atoms with Crippen LogP contribution >= 0.6 is 0 Å². The third kappa shape index (κ3) is 7.52. The van der Waals surface area contributed by atoms with Crippen molar-refractivity contribution in [3.8, 4) is 0 Å². The minimum atomic E-state index is -3.60. The molecule has 2 N–H and O–H groups in total. The molecule has 0 unspecified atom stereocenters. The first-order chi connectivity index (χ1) is 20.3. The van der Waals surface area contributed by atoms with Gasteiger partial charge in [0, 0.05) is 31.1 Å². The number of nitrogens with zero attached hydrogens (tertiary/aromatic N) is 1. The van der Waals surface area contributed by atoms with Crippen LogP contribution in [0.1, 0.15) is 47.1 Å². The quantitative estimate of drug-likeness (QED) is 0.239. The molecule has 5 rings (SSSR count). The maximum Gasteiger partial charge on any atom is 0.240 e. The summed E-state index contributed by atoms with van der Waals surface area (Å²) >= 11 is 0. The van der Waals surface area contributed by atoms with Crippen LogP contribution in [-0.2, 0) is 39.2 Å².